The molecule has 3 aliphatic heterocycles. The van der Waals surface area contributed by atoms with E-state index in [1.807, 2.05) is 0 Å². The Morgan fingerprint density at radius 1 is 0.381 bits per heavy atom. The van der Waals surface area contributed by atoms with Crippen molar-refractivity contribution in [3.63, 3.8) is 0 Å². The first-order chi connectivity index (χ1) is 29.9. The van der Waals surface area contributed by atoms with Gasteiger partial charge in [-0.05, 0) is 47.5 Å². The number of phenolic OH excluding ortho intramolecular Hbond substituents is 12. The summed E-state index contributed by atoms with van der Waals surface area (Å²) in [5.41, 5.74) is -1.16. The van der Waals surface area contributed by atoms with E-state index in [0.29, 0.717) is 0 Å². The molecule has 6 aromatic carbocycles. The van der Waals surface area contributed by atoms with E-state index in [4.69, 9.17) is 14.2 Å². The van der Waals surface area contributed by atoms with Gasteiger partial charge in [-0.25, -0.2) is 0 Å². The Bertz CT molecular complexity index is 2800. The van der Waals surface area contributed by atoms with Crippen LogP contribution in [-0.2, 0) is 6.42 Å². The molecule has 0 bridgehead atoms. The molecule has 9 rings (SSSR count). The van der Waals surface area contributed by atoms with Gasteiger partial charge in [0.1, 0.15) is 75.8 Å². The van der Waals surface area contributed by atoms with Crippen molar-refractivity contribution in [3.8, 4) is 86.2 Å². The quantitative estimate of drug-likeness (QED) is 0.106. The number of aromatic hydroxyl groups is 12. The summed E-state index contributed by atoms with van der Waals surface area (Å²) in [5.74, 6) is -12.1. The smallest absolute Gasteiger partial charge is 0.200 e. The van der Waals surface area contributed by atoms with Crippen molar-refractivity contribution in [3.05, 3.63) is 123 Å². The maximum Gasteiger partial charge on any atom is 0.200 e. The lowest BCUT2D eigenvalue weighted by molar-refractivity contribution is -0.00564. The minimum atomic E-state index is -1.99. The van der Waals surface area contributed by atoms with Crippen LogP contribution in [0.15, 0.2) is 78.9 Å². The maximum absolute atomic E-state index is 12.5. The third kappa shape index (κ3) is 6.46. The Hall–Kier alpha value is -7.80. The molecule has 0 amide bonds. The SMILES string of the molecule is Oc1ccc(C2Oc3cc(O)cc(O)c3C(c3c(O)cc(O)c4c3OC(c3cc(O)c(O)c(O)c3)C(O)C4c3c(O)cc(O)c4c3OC(c3ccc(O)c(O)c3)C(O)C4)C2O)cc1. The molecular formula is C45H38O18. The first kappa shape index (κ1) is 40.6. The van der Waals surface area contributed by atoms with Crippen LogP contribution in [0, 0.1) is 0 Å². The van der Waals surface area contributed by atoms with Gasteiger partial charge in [0.25, 0.3) is 0 Å². The van der Waals surface area contributed by atoms with Gasteiger partial charge in [0.05, 0.1) is 17.9 Å². The third-order valence-corrected chi connectivity index (χ3v) is 11.8. The maximum atomic E-state index is 12.5. The molecule has 18 nitrogen and oxygen atoms in total. The zero-order valence-electron chi connectivity index (χ0n) is 32.3. The van der Waals surface area contributed by atoms with Gasteiger partial charge in [0, 0.05) is 64.1 Å². The molecule has 0 aliphatic carbocycles. The van der Waals surface area contributed by atoms with Gasteiger partial charge in [0.15, 0.2) is 41.0 Å². The van der Waals surface area contributed by atoms with Crippen LogP contribution in [-0.4, -0.2) is 94.9 Å². The van der Waals surface area contributed by atoms with E-state index >= 15 is 0 Å². The molecule has 0 aromatic heterocycles. The van der Waals surface area contributed by atoms with Gasteiger partial charge in [-0.1, -0.05) is 18.2 Å². The van der Waals surface area contributed by atoms with Gasteiger partial charge < -0.3 is 90.8 Å². The number of benzene rings is 6. The second-order valence-electron chi connectivity index (χ2n) is 15.7. The van der Waals surface area contributed by atoms with Crippen LogP contribution in [0.2, 0.25) is 0 Å². The molecule has 0 saturated carbocycles. The molecule has 15 N–H and O–H groups in total. The van der Waals surface area contributed by atoms with Crippen LogP contribution < -0.4 is 14.2 Å². The molecule has 63 heavy (non-hydrogen) atoms. The second kappa shape index (κ2) is 14.7. The fourth-order valence-corrected chi connectivity index (χ4v) is 8.96. The zero-order valence-corrected chi connectivity index (χ0v) is 32.3. The van der Waals surface area contributed by atoms with Crippen LogP contribution in [0.1, 0.15) is 74.7 Å². The van der Waals surface area contributed by atoms with E-state index in [1.165, 1.54) is 30.3 Å². The molecule has 6 aromatic rings. The molecule has 8 atom stereocenters. The minimum absolute atomic E-state index is 0.0833. The van der Waals surface area contributed by atoms with Crippen molar-refractivity contribution >= 4 is 0 Å². The number of hydrogen-bond donors (Lipinski definition) is 15. The lowest BCUT2D eigenvalue weighted by Crippen LogP contribution is -2.39. The Labute approximate surface area is 354 Å². The van der Waals surface area contributed by atoms with Crippen molar-refractivity contribution in [2.75, 3.05) is 0 Å². The van der Waals surface area contributed by atoms with E-state index < -0.39 is 117 Å². The summed E-state index contributed by atoms with van der Waals surface area (Å²) in [6.07, 6.45) is -9.99. The monoisotopic (exact) mass is 866 g/mol. The highest BCUT2D eigenvalue weighted by Crippen LogP contribution is 2.62. The lowest BCUT2D eigenvalue weighted by atomic mass is 9.73. The number of aliphatic hydroxyl groups is 3. The normalized spacial score (nSPS) is 23.6. The van der Waals surface area contributed by atoms with Crippen LogP contribution >= 0.6 is 0 Å². The first-order valence-corrected chi connectivity index (χ1v) is 19.3. The summed E-state index contributed by atoms with van der Waals surface area (Å²) in [6, 6.07) is 14.8. The topological polar surface area (TPSA) is 331 Å². The molecule has 8 unspecified atom stereocenters. The summed E-state index contributed by atoms with van der Waals surface area (Å²) >= 11 is 0. The number of hydrogen-bond acceptors (Lipinski definition) is 18. The minimum Gasteiger partial charge on any atom is -0.508 e. The Kier molecular flexibility index (Phi) is 9.46. The molecule has 326 valence electrons. The highest BCUT2D eigenvalue weighted by Gasteiger charge is 2.51. The molecule has 0 radical (unpaired) electrons. The largest absolute Gasteiger partial charge is 0.508 e. The highest BCUT2D eigenvalue weighted by molar-refractivity contribution is 5.71. The van der Waals surface area contributed by atoms with Crippen LogP contribution in [0.4, 0.5) is 0 Å². The molecule has 0 fully saturated rings. The van der Waals surface area contributed by atoms with Crippen LogP contribution in [0.3, 0.4) is 0 Å². The van der Waals surface area contributed by atoms with Gasteiger partial charge in [-0.3, -0.25) is 0 Å². The van der Waals surface area contributed by atoms with Gasteiger partial charge >= 0.3 is 0 Å². The van der Waals surface area contributed by atoms with Gasteiger partial charge in [-0.15, -0.1) is 0 Å². The first-order valence-electron chi connectivity index (χ1n) is 19.3. The van der Waals surface area contributed by atoms with Crippen molar-refractivity contribution < 1.29 is 90.8 Å². The van der Waals surface area contributed by atoms with Crippen molar-refractivity contribution in [1.29, 1.82) is 0 Å². The second-order valence-corrected chi connectivity index (χ2v) is 15.7. The molecule has 3 heterocycles. The summed E-state index contributed by atoms with van der Waals surface area (Å²) in [5, 5.41) is 167. The Balaban J connectivity index is 1.32. The van der Waals surface area contributed by atoms with Crippen LogP contribution in [0.25, 0.3) is 0 Å². The number of ether oxygens (including phenoxy) is 3. The summed E-state index contributed by atoms with van der Waals surface area (Å²) < 4.78 is 18.9. The van der Waals surface area contributed by atoms with Crippen LogP contribution in [0.5, 0.6) is 86.2 Å². The summed E-state index contributed by atoms with van der Waals surface area (Å²) in [6.45, 7) is 0. The fourth-order valence-electron chi connectivity index (χ4n) is 8.96. The predicted molar refractivity (Wildman–Crippen MR) is 214 cm³/mol. The Morgan fingerprint density at radius 3 is 1.51 bits per heavy atom. The van der Waals surface area contributed by atoms with E-state index in [1.54, 1.807) is 0 Å². The average Bonchev–Trinajstić information content (AvgIpc) is 3.22. The molecule has 18 heteroatoms. The van der Waals surface area contributed by atoms with Crippen molar-refractivity contribution in [1.82, 2.24) is 0 Å². The zero-order chi connectivity index (χ0) is 44.9. The van der Waals surface area contributed by atoms with E-state index in [2.05, 4.69) is 0 Å². The molecular weight excluding hydrogens is 828 g/mol. The van der Waals surface area contributed by atoms with Crippen molar-refractivity contribution in [2.24, 2.45) is 0 Å². The Morgan fingerprint density at radius 2 is 0.889 bits per heavy atom. The van der Waals surface area contributed by atoms with E-state index in [-0.39, 0.29) is 68.2 Å². The summed E-state index contributed by atoms with van der Waals surface area (Å²) in [4.78, 5) is 0. The van der Waals surface area contributed by atoms with E-state index in [0.717, 1.165) is 48.5 Å². The predicted octanol–water partition coefficient (Wildman–Crippen LogP) is 4.44. The van der Waals surface area contributed by atoms with E-state index in [9.17, 15) is 76.6 Å². The van der Waals surface area contributed by atoms with Gasteiger partial charge in [0.2, 0.25) is 0 Å². The molecule has 3 aliphatic rings. The number of rotatable bonds is 5. The highest BCUT2D eigenvalue weighted by atomic mass is 16.5. The molecule has 0 saturated heterocycles. The average molecular weight is 867 g/mol. The number of phenols is 12. The van der Waals surface area contributed by atoms with Crippen molar-refractivity contribution in [2.45, 2.75) is 54.9 Å². The summed E-state index contributed by atoms with van der Waals surface area (Å²) in [7, 11) is 0. The standard InChI is InChI=1S/C45H38O18/c46-18-4-1-15(2-5-18)42-39(59)36(32-24(51)10-19(47)11-31(32)61-42)34-26(53)14-27(54)35-37(40(60)43(63-45(34)35)17-8-28(55)38(58)29(56)9-17)33-25(52)13-22(49)20-12-30(57)41(62-44(20)33)16-3-6-21(48)23(50)7-16/h1-11,13-14,30,36-37,39-43,46-60H,12H2. The fraction of sp³-hybridized carbons (Fsp3) is 0.200. The molecule has 0 spiro atoms. The number of fused-ring (bicyclic) bond motifs is 3. The van der Waals surface area contributed by atoms with Gasteiger partial charge in [-0.2, -0.15) is 0 Å². The third-order valence-electron chi connectivity index (χ3n) is 11.8. The lowest BCUT2D eigenvalue weighted by Gasteiger charge is -2.43. The number of aliphatic hydroxyl groups excluding tert-OH is 3.